The Balaban J connectivity index is 2.38. The summed E-state index contributed by atoms with van der Waals surface area (Å²) < 4.78 is 5.15. The fourth-order valence-electron chi connectivity index (χ4n) is 1.03. The smallest absolute Gasteiger partial charge is 0.108 e. The Hall–Kier alpha value is 0.155. The average molecular weight is 116 g/mol. The van der Waals surface area contributed by atoms with E-state index in [2.05, 4.69) is 0 Å². The van der Waals surface area contributed by atoms with Gasteiger partial charge in [0.25, 0.3) is 0 Å². The van der Waals surface area contributed by atoms with Crippen molar-refractivity contribution in [2.75, 3.05) is 0 Å². The Morgan fingerprint density at radius 1 is 1.44 bits per heavy atom. The molecule has 0 saturated carbocycles. The first-order valence-corrected chi connectivity index (χ1v) is 3.10. The van der Waals surface area contributed by atoms with Crippen LogP contribution < -0.4 is 0 Å². The van der Waals surface area contributed by atoms with Gasteiger partial charge in [-0.15, -0.1) is 0 Å². The quantitative estimate of drug-likeness (QED) is 0.431. The standard InChI is InChI=1S/C5H7B3O/c6-2-4-3(7)1-5(8)9-4/h3-5H,1-2H2/t3-,4?,5+/m0/s1. The fraction of sp³-hybridized carbons (Fsp3) is 1.00. The van der Waals surface area contributed by atoms with Gasteiger partial charge in [0, 0.05) is 12.1 Å². The number of hydrogen-bond acceptors (Lipinski definition) is 1. The van der Waals surface area contributed by atoms with Crippen molar-refractivity contribution in [1.29, 1.82) is 0 Å². The van der Waals surface area contributed by atoms with Gasteiger partial charge in [-0.05, 0) is 6.42 Å². The van der Waals surface area contributed by atoms with Crippen LogP contribution in [0.4, 0.5) is 0 Å². The molecule has 1 aliphatic heterocycles. The summed E-state index contributed by atoms with van der Waals surface area (Å²) in [5, 5.41) is 0. The number of ether oxygens (including phenoxy) is 1. The molecule has 1 saturated heterocycles. The summed E-state index contributed by atoms with van der Waals surface area (Å²) in [5.41, 5.74) is 0. The van der Waals surface area contributed by atoms with Crippen LogP contribution in [0.2, 0.25) is 12.1 Å². The molecule has 6 radical (unpaired) electrons. The van der Waals surface area contributed by atoms with Crippen molar-refractivity contribution in [2.45, 2.75) is 30.7 Å². The first-order valence-electron chi connectivity index (χ1n) is 3.10. The molecule has 1 fully saturated rings. The molecule has 0 aliphatic carbocycles. The second-order valence-electron chi connectivity index (χ2n) is 2.35. The zero-order chi connectivity index (χ0) is 6.85. The predicted molar refractivity (Wildman–Crippen MR) is 39.1 cm³/mol. The molecule has 0 spiro atoms. The van der Waals surface area contributed by atoms with Gasteiger partial charge in [0.1, 0.15) is 7.85 Å². The van der Waals surface area contributed by atoms with E-state index in [4.69, 9.17) is 28.3 Å². The predicted octanol–water partition coefficient (Wildman–Crippen LogP) is -0.186. The van der Waals surface area contributed by atoms with Crippen LogP contribution in [0.1, 0.15) is 6.42 Å². The van der Waals surface area contributed by atoms with E-state index in [1.165, 1.54) is 0 Å². The summed E-state index contributed by atoms with van der Waals surface area (Å²) in [7, 11) is 16.4. The maximum atomic E-state index is 5.59. The Bertz CT molecular complexity index is 98.2. The van der Waals surface area contributed by atoms with Gasteiger partial charge in [-0.25, -0.2) is 0 Å². The van der Waals surface area contributed by atoms with Crippen LogP contribution in [-0.4, -0.2) is 35.6 Å². The van der Waals surface area contributed by atoms with E-state index in [9.17, 15) is 0 Å². The van der Waals surface area contributed by atoms with Crippen molar-refractivity contribution in [3.63, 3.8) is 0 Å². The molecular formula is C5H7B3O. The van der Waals surface area contributed by atoms with Crippen molar-refractivity contribution in [1.82, 2.24) is 0 Å². The highest BCUT2D eigenvalue weighted by Crippen LogP contribution is 2.28. The van der Waals surface area contributed by atoms with Gasteiger partial charge in [0.2, 0.25) is 0 Å². The molecule has 1 heterocycles. The lowest BCUT2D eigenvalue weighted by Gasteiger charge is -2.11. The van der Waals surface area contributed by atoms with E-state index in [1.807, 2.05) is 0 Å². The molecular weight excluding hydrogens is 108 g/mol. The van der Waals surface area contributed by atoms with Gasteiger partial charge < -0.3 is 4.74 Å². The lowest BCUT2D eigenvalue weighted by molar-refractivity contribution is 0.102. The molecule has 42 valence electrons. The first-order chi connectivity index (χ1) is 4.24. The molecule has 3 atom stereocenters. The summed E-state index contributed by atoms with van der Waals surface area (Å²) in [6.45, 7) is 0. The summed E-state index contributed by atoms with van der Waals surface area (Å²) in [6.07, 6.45) is 1.16. The van der Waals surface area contributed by atoms with E-state index in [1.54, 1.807) is 0 Å². The highest BCUT2D eigenvalue weighted by Gasteiger charge is 2.26. The third-order valence-electron chi connectivity index (χ3n) is 1.56. The Kier molecular flexibility index (Phi) is 2.28. The molecule has 1 aliphatic rings. The highest BCUT2D eigenvalue weighted by molar-refractivity contribution is 6.16. The zero-order valence-electron chi connectivity index (χ0n) is 5.29. The monoisotopic (exact) mass is 116 g/mol. The molecule has 0 aromatic carbocycles. The zero-order valence-corrected chi connectivity index (χ0v) is 5.29. The van der Waals surface area contributed by atoms with Crippen LogP contribution in [0.25, 0.3) is 0 Å². The van der Waals surface area contributed by atoms with Crippen LogP contribution in [0.5, 0.6) is 0 Å². The Morgan fingerprint density at radius 2 is 2.11 bits per heavy atom. The maximum Gasteiger partial charge on any atom is 0.108 e. The van der Waals surface area contributed by atoms with E-state index in [-0.39, 0.29) is 17.9 Å². The third kappa shape index (κ3) is 1.54. The summed E-state index contributed by atoms with van der Waals surface area (Å²) in [6, 6.07) is -0.200. The van der Waals surface area contributed by atoms with Gasteiger partial charge in [0.05, 0.1) is 15.7 Å². The summed E-state index contributed by atoms with van der Waals surface area (Å²) in [4.78, 5) is 0. The fourth-order valence-corrected chi connectivity index (χ4v) is 1.03. The van der Waals surface area contributed by atoms with Gasteiger partial charge >= 0.3 is 0 Å². The van der Waals surface area contributed by atoms with E-state index >= 15 is 0 Å². The van der Waals surface area contributed by atoms with Gasteiger partial charge in [-0.3, -0.25) is 0 Å². The van der Waals surface area contributed by atoms with Crippen molar-refractivity contribution in [3.05, 3.63) is 0 Å². The van der Waals surface area contributed by atoms with E-state index in [0.29, 0.717) is 6.32 Å². The lowest BCUT2D eigenvalue weighted by atomic mass is 9.75. The largest absolute Gasteiger partial charge is 0.386 e. The Morgan fingerprint density at radius 3 is 2.33 bits per heavy atom. The van der Waals surface area contributed by atoms with Crippen molar-refractivity contribution >= 4 is 23.5 Å². The molecule has 4 heteroatoms. The van der Waals surface area contributed by atoms with E-state index in [0.717, 1.165) is 6.42 Å². The number of rotatable bonds is 1. The Labute approximate surface area is 59.8 Å². The van der Waals surface area contributed by atoms with Crippen LogP contribution in [-0.2, 0) is 4.74 Å². The van der Waals surface area contributed by atoms with Crippen molar-refractivity contribution in [3.8, 4) is 0 Å². The molecule has 0 aromatic rings. The molecule has 1 nitrogen and oxygen atoms in total. The SMILES string of the molecule is [B]CC1O[C@@H]([B])C[C@@H]1[B]. The molecule has 9 heavy (non-hydrogen) atoms. The molecule has 0 N–H and O–H groups in total. The molecule has 0 amide bonds. The summed E-state index contributed by atoms with van der Waals surface area (Å²) in [5.74, 6) is 0.0324. The van der Waals surface area contributed by atoms with E-state index < -0.39 is 0 Å². The van der Waals surface area contributed by atoms with Gasteiger partial charge in [0.15, 0.2) is 0 Å². The second-order valence-corrected chi connectivity index (χ2v) is 2.35. The van der Waals surface area contributed by atoms with Crippen LogP contribution >= 0.6 is 0 Å². The maximum absolute atomic E-state index is 5.59. The minimum Gasteiger partial charge on any atom is -0.386 e. The highest BCUT2D eigenvalue weighted by atomic mass is 16.5. The molecule has 0 bridgehead atoms. The lowest BCUT2D eigenvalue weighted by Crippen LogP contribution is -2.11. The second kappa shape index (κ2) is 2.83. The minimum atomic E-state index is -0.200. The molecule has 0 aromatic heterocycles. The minimum absolute atomic E-state index is 0.0278. The van der Waals surface area contributed by atoms with Gasteiger partial charge in [-0.1, -0.05) is 12.1 Å². The van der Waals surface area contributed by atoms with Crippen LogP contribution in [0.3, 0.4) is 0 Å². The topological polar surface area (TPSA) is 9.23 Å². The van der Waals surface area contributed by atoms with Crippen molar-refractivity contribution in [2.24, 2.45) is 0 Å². The normalized spacial score (nSPS) is 43.3. The average Bonchev–Trinajstić information content (AvgIpc) is 2.10. The summed E-state index contributed by atoms with van der Waals surface area (Å²) >= 11 is 0. The first kappa shape index (κ1) is 7.26. The number of hydrogen-bond donors (Lipinski definition) is 0. The molecule has 1 rings (SSSR count). The molecule has 1 unspecified atom stereocenters. The van der Waals surface area contributed by atoms with Gasteiger partial charge in [-0.2, -0.15) is 0 Å². The van der Waals surface area contributed by atoms with Crippen LogP contribution in [0, 0.1) is 0 Å². The van der Waals surface area contributed by atoms with Crippen molar-refractivity contribution < 1.29 is 4.74 Å². The third-order valence-corrected chi connectivity index (χ3v) is 1.56. The van der Waals surface area contributed by atoms with Crippen LogP contribution in [0.15, 0.2) is 0 Å².